The summed E-state index contributed by atoms with van der Waals surface area (Å²) in [6.45, 7) is 4.36. The molecule has 0 fully saturated rings. The molecule has 0 heterocycles. The van der Waals surface area contributed by atoms with Crippen molar-refractivity contribution in [2.24, 2.45) is 0 Å². The zero-order valence-corrected chi connectivity index (χ0v) is 12.5. The maximum atomic E-state index is 13.1. The third-order valence-electron chi connectivity index (χ3n) is 2.71. The number of hydrogen-bond donors (Lipinski definition) is 1. The standard InChI is InChI=1S/C15H23FO5/c1-12(17)14-11-13(16)3-4-15(14)21-10-9-20-8-7-19-6-5-18-2/h3-4,11-12,17H,5-10H2,1-2H3. The number of rotatable bonds is 11. The number of halogens is 1. The highest BCUT2D eigenvalue weighted by Crippen LogP contribution is 2.25. The molecule has 1 atom stereocenters. The fourth-order valence-corrected chi connectivity index (χ4v) is 1.65. The zero-order chi connectivity index (χ0) is 15.5. The van der Waals surface area contributed by atoms with Crippen molar-refractivity contribution in [3.63, 3.8) is 0 Å². The summed E-state index contributed by atoms with van der Waals surface area (Å²) in [6.07, 6.45) is -0.786. The fourth-order valence-electron chi connectivity index (χ4n) is 1.65. The first-order valence-corrected chi connectivity index (χ1v) is 6.90. The van der Waals surface area contributed by atoms with E-state index >= 15 is 0 Å². The highest BCUT2D eigenvalue weighted by molar-refractivity contribution is 5.35. The predicted molar refractivity (Wildman–Crippen MR) is 76.0 cm³/mol. The molecule has 0 amide bonds. The normalized spacial score (nSPS) is 12.4. The maximum Gasteiger partial charge on any atom is 0.125 e. The number of benzene rings is 1. The van der Waals surface area contributed by atoms with Crippen molar-refractivity contribution in [3.05, 3.63) is 29.6 Å². The van der Waals surface area contributed by atoms with E-state index in [1.54, 1.807) is 14.0 Å². The van der Waals surface area contributed by atoms with Crippen LogP contribution in [-0.4, -0.2) is 51.9 Å². The van der Waals surface area contributed by atoms with Crippen LogP contribution in [0.5, 0.6) is 5.75 Å². The van der Waals surface area contributed by atoms with Gasteiger partial charge in [0.1, 0.15) is 18.2 Å². The summed E-state index contributed by atoms with van der Waals surface area (Å²) in [5.74, 6) is 0.0639. The van der Waals surface area contributed by atoms with E-state index in [1.165, 1.54) is 18.2 Å². The Kier molecular flexibility index (Phi) is 8.93. The van der Waals surface area contributed by atoms with Crippen LogP contribution in [0.25, 0.3) is 0 Å². The van der Waals surface area contributed by atoms with Gasteiger partial charge in [0.05, 0.1) is 39.1 Å². The van der Waals surface area contributed by atoms with Crippen LogP contribution < -0.4 is 4.74 Å². The van der Waals surface area contributed by atoms with Crippen LogP contribution in [0.4, 0.5) is 4.39 Å². The van der Waals surface area contributed by atoms with Crippen LogP contribution in [0, 0.1) is 5.82 Å². The molecule has 0 saturated carbocycles. The van der Waals surface area contributed by atoms with Gasteiger partial charge in [0, 0.05) is 12.7 Å². The average Bonchev–Trinajstić information content (AvgIpc) is 2.46. The van der Waals surface area contributed by atoms with E-state index in [9.17, 15) is 9.50 Å². The van der Waals surface area contributed by atoms with Gasteiger partial charge in [0.2, 0.25) is 0 Å². The van der Waals surface area contributed by atoms with Gasteiger partial charge in [-0.1, -0.05) is 0 Å². The molecule has 5 nitrogen and oxygen atoms in total. The van der Waals surface area contributed by atoms with E-state index < -0.39 is 11.9 Å². The Bertz CT molecular complexity index is 398. The van der Waals surface area contributed by atoms with Gasteiger partial charge in [-0.25, -0.2) is 4.39 Å². The minimum atomic E-state index is -0.786. The quantitative estimate of drug-likeness (QED) is 0.633. The van der Waals surface area contributed by atoms with E-state index in [4.69, 9.17) is 18.9 Å². The molecule has 0 bridgehead atoms. The summed E-state index contributed by atoms with van der Waals surface area (Å²) in [7, 11) is 1.62. The van der Waals surface area contributed by atoms with E-state index in [2.05, 4.69) is 0 Å². The van der Waals surface area contributed by atoms with Crippen LogP contribution in [0.3, 0.4) is 0 Å². The molecule has 0 aromatic heterocycles. The first-order valence-electron chi connectivity index (χ1n) is 6.90. The van der Waals surface area contributed by atoms with Crippen molar-refractivity contribution >= 4 is 0 Å². The number of hydrogen-bond acceptors (Lipinski definition) is 5. The summed E-state index contributed by atoms with van der Waals surface area (Å²) < 4.78 is 34.0. The molecule has 0 saturated heterocycles. The molecule has 6 heteroatoms. The second-order valence-electron chi connectivity index (χ2n) is 4.42. The van der Waals surface area contributed by atoms with Crippen LogP contribution in [0.15, 0.2) is 18.2 Å². The first-order chi connectivity index (χ1) is 10.1. The number of aliphatic hydroxyl groups excluding tert-OH is 1. The molecular weight excluding hydrogens is 279 g/mol. The molecule has 0 radical (unpaired) electrons. The lowest BCUT2D eigenvalue weighted by Crippen LogP contribution is -2.13. The maximum absolute atomic E-state index is 13.1. The van der Waals surface area contributed by atoms with Gasteiger partial charge in [-0.3, -0.25) is 0 Å². The van der Waals surface area contributed by atoms with Gasteiger partial charge in [-0.2, -0.15) is 0 Å². The average molecular weight is 302 g/mol. The second kappa shape index (κ2) is 10.5. The van der Waals surface area contributed by atoms with Crippen molar-refractivity contribution in [2.75, 3.05) is 46.8 Å². The lowest BCUT2D eigenvalue weighted by molar-refractivity contribution is 0.0177. The summed E-state index contributed by atoms with van der Waals surface area (Å²) in [5, 5.41) is 9.57. The van der Waals surface area contributed by atoms with Crippen molar-refractivity contribution in [2.45, 2.75) is 13.0 Å². The third kappa shape index (κ3) is 7.38. The van der Waals surface area contributed by atoms with Crippen molar-refractivity contribution < 1.29 is 28.4 Å². The van der Waals surface area contributed by atoms with Crippen molar-refractivity contribution in [3.8, 4) is 5.75 Å². The lowest BCUT2D eigenvalue weighted by Gasteiger charge is -2.13. The second-order valence-corrected chi connectivity index (χ2v) is 4.42. The minimum Gasteiger partial charge on any atom is -0.491 e. The van der Waals surface area contributed by atoms with Crippen LogP contribution in [0.1, 0.15) is 18.6 Å². The number of ether oxygens (including phenoxy) is 4. The van der Waals surface area contributed by atoms with Crippen molar-refractivity contribution in [1.82, 2.24) is 0 Å². The Morgan fingerprint density at radius 1 is 1.05 bits per heavy atom. The third-order valence-corrected chi connectivity index (χ3v) is 2.71. The Morgan fingerprint density at radius 3 is 2.29 bits per heavy atom. The molecule has 1 aromatic carbocycles. The Labute approximate surface area is 124 Å². The Hall–Kier alpha value is -1.21. The molecule has 1 aromatic rings. The molecular formula is C15H23FO5. The van der Waals surface area contributed by atoms with Gasteiger partial charge < -0.3 is 24.1 Å². The molecule has 0 aliphatic rings. The summed E-state index contributed by atoms with van der Waals surface area (Å²) in [5.41, 5.74) is 0.429. The smallest absolute Gasteiger partial charge is 0.125 e. The molecule has 0 spiro atoms. The highest BCUT2D eigenvalue weighted by Gasteiger charge is 2.10. The minimum absolute atomic E-state index is 0.323. The predicted octanol–water partition coefficient (Wildman–Crippen LogP) is 1.94. The molecule has 1 rings (SSSR count). The monoisotopic (exact) mass is 302 g/mol. The first kappa shape index (κ1) is 17.8. The van der Waals surface area contributed by atoms with Gasteiger partial charge in [0.25, 0.3) is 0 Å². The van der Waals surface area contributed by atoms with Gasteiger partial charge in [0.15, 0.2) is 0 Å². The van der Waals surface area contributed by atoms with Gasteiger partial charge in [-0.05, 0) is 25.1 Å². The molecule has 21 heavy (non-hydrogen) atoms. The SMILES string of the molecule is COCCOCCOCCOc1ccc(F)cc1C(C)O. The van der Waals surface area contributed by atoms with Crippen LogP contribution in [0.2, 0.25) is 0 Å². The summed E-state index contributed by atoms with van der Waals surface area (Å²) in [4.78, 5) is 0. The molecule has 1 N–H and O–H groups in total. The lowest BCUT2D eigenvalue weighted by atomic mass is 10.1. The Balaban J connectivity index is 2.18. The largest absolute Gasteiger partial charge is 0.491 e. The molecule has 0 aliphatic heterocycles. The van der Waals surface area contributed by atoms with E-state index in [1.807, 2.05) is 0 Å². The molecule has 120 valence electrons. The van der Waals surface area contributed by atoms with E-state index in [0.717, 1.165) is 0 Å². The number of aliphatic hydroxyl groups is 1. The topological polar surface area (TPSA) is 57.2 Å². The van der Waals surface area contributed by atoms with Crippen LogP contribution in [-0.2, 0) is 14.2 Å². The molecule has 1 unspecified atom stereocenters. The number of methoxy groups -OCH3 is 1. The van der Waals surface area contributed by atoms with E-state index in [0.29, 0.717) is 51.0 Å². The van der Waals surface area contributed by atoms with Crippen LogP contribution >= 0.6 is 0 Å². The molecule has 0 aliphatic carbocycles. The zero-order valence-electron chi connectivity index (χ0n) is 12.5. The van der Waals surface area contributed by atoms with Gasteiger partial charge in [-0.15, -0.1) is 0 Å². The Morgan fingerprint density at radius 2 is 1.67 bits per heavy atom. The fraction of sp³-hybridized carbons (Fsp3) is 0.600. The summed E-state index contributed by atoms with van der Waals surface area (Å²) >= 11 is 0. The summed E-state index contributed by atoms with van der Waals surface area (Å²) in [6, 6.07) is 4.07. The van der Waals surface area contributed by atoms with Crippen molar-refractivity contribution in [1.29, 1.82) is 0 Å². The van der Waals surface area contributed by atoms with E-state index in [-0.39, 0.29) is 0 Å². The van der Waals surface area contributed by atoms with Gasteiger partial charge >= 0.3 is 0 Å². The highest BCUT2D eigenvalue weighted by atomic mass is 19.1.